The lowest BCUT2D eigenvalue weighted by atomic mass is 9.93. The quantitative estimate of drug-likeness (QED) is 0.447. The summed E-state index contributed by atoms with van der Waals surface area (Å²) in [5.74, 6) is -1.84. The Hall–Kier alpha value is -3.37. The third kappa shape index (κ3) is 3.97. The topological polar surface area (TPSA) is 64.0 Å². The van der Waals surface area contributed by atoms with Gasteiger partial charge in [-0.2, -0.15) is 0 Å². The maximum absolute atomic E-state index is 15.2. The Kier molecular flexibility index (Phi) is 6.61. The Labute approximate surface area is 222 Å². The van der Waals surface area contributed by atoms with E-state index in [1.807, 2.05) is 36.2 Å². The smallest absolute Gasteiger partial charge is 0.278 e. The Morgan fingerprint density at radius 3 is 2.79 bits per heavy atom. The molecule has 38 heavy (non-hydrogen) atoms. The number of fused-ring (bicyclic) bond motifs is 4. The number of ether oxygens (including phenoxy) is 2. The molecule has 1 aromatic heterocycles. The fourth-order valence-corrected chi connectivity index (χ4v) is 6.54. The SMILES string of the molecule is CCCCOc1c2n(ccc1=O)N([C@H]1c3ccccc3SCc3c1ccc(F)c3F)[C@@H]1COCCN1C2=O. The lowest BCUT2D eigenvalue weighted by molar-refractivity contribution is -0.0198. The van der Waals surface area contributed by atoms with Crippen molar-refractivity contribution in [2.75, 3.05) is 31.4 Å². The van der Waals surface area contributed by atoms with E-state index in [4.69, 9.17) is 9.47 Å². The molecule has 4 heterocycles. The van der Waals surface area contributed by atoms with Gasteiger partial charge in [0.1, 0.15) is 6.17 Å². The van der Waals surface area contributed by atoms with Gasteiger partial charge in [0.2, 0.25) is 5.43 Å². The number of hydrogen-bond donors (Lipinski definition) is 0. The summed E-state index contributed by atoms with van der Waals surface area (Å²) in [5.41, 5.74) is 1.51. The van der Waals surface area contributed by atoms with Crippen molar-refractivity contribution < 1.29 is 23.0 Å². The molecule has 6 rings (SSSR count). The largest absolute Gasteiger partial charge is 0.487 e. The molecular weight excluding hydrogens is 512 g/mol. The second kappa shape index (κ2) is 10.1. The fraction of sp³-hybridized carbons (Fsp3) is 0.357. The monoisotopic (exact) mass is 539 g/mol. The Balaban J connectivity index is 1.62. The molecule has 0 spiro atoms. The number of amides is 1. The summed E-state index contributed by atoms with van der Waals surface area (Å²) in [5, 5.41) is 1.95. The average Bonchev–Trinajstić information content (AvgIpc) is 3.10. The van der Waals surface area contributed by atoms with Crippen molar-refractivity contribution in [3.05, 3.63) is 92.9 Å². The van der Waals surface area contributed by atoms with Crippen LogP contribution in [0, 0.1) is 11.6 Å². The molecule has 0 N–H and O–H groups in total. The highest BCUT2D eigenvalue weighted by molar-refractivity contribution is 7.98. The molecule has 0 bridgehead atoms. The summed E-state index contributed by atoms with van der Waals surface area (Å²) in [6, 6.07) is 11.3. The highest BCUT2D eigenvalue weighted by Crippen LogP contribution is 2.45. The molecule has 0 aliphatic carbocycles. The van der Waals surface area contributed by atoms with Gasteiger partial charge in [0.05, 0.1) is 25.9 Å². The molecule has 1 amide bonds. The van der Waals surface area contributed by atoms with Crippen LogP contribution in [0.25, 0.3) is 0 Å². The number of pyridine rings is 1. The second-order valence-corrected chi connectivity index (χ2v) is 10.5. The number of carbonyl (C=O) groups is 1. The molecule has 1 saturated heterocycles. The number of morpholine rings is 1. The number of halogens is 2. The van der Waals surface area contributed by atoms with Gasteiger partial charge in [-0.3, -0.25) is 19.3 Å². The van der Waals surface area contributed by atoms with Gasteiger partial charge in [0.25, 0.3) is 5.91 Å². The van der Waals surface area contributed by atoms with Gasteiger partial charge in [-0.05, 0) is 29.7 Å². The number of hydrogen-bond acceptors (Lipinski definition) is 6. The number of thioether (sulfide) groups is 1. The summed E-state index contributed by atoms with van der Waals surface area (Å²) >= 11 is 1.44. The van der Waals surface area contributed by atoms with Crippen LogP contribution >= 0.6 is 11.8 Å². The zero-order valence-corrected chi connectivity index (χ0v) is 21.7. The highest BCUT2D eigenvalue weighted by Gasteiger charge is 2.46. The van der Waals surface area contributed by atoms with E-state index in [0.29, 0.717) is 25.3 Å². The number of rotatable bonds is 5. The van der Waals surface area contributed by atoms with Crippen LogP contribution in [-0.2, 0) is 10.5 Å². The number of nitrogens with zero attached hydrogens (tertiary/aromatic N) is 3. The van der Waals surface area contributed by atoms with Crippen LogP contribution in [0.1, 0.15) is 53.0 Å². The lowest BCUT2D eigenvalue weighted by Crippen LogP contribution is -2.66. The van der Waals surface area contributed by atoms with Crippen molar-refractivity contribution in [2.45, 2.75) is 42.6 Å². The normalized spacial score (nSPS) is 20.2. The van der Waals surface area contributed by atoms with E-state index in [1.165, 1.54) is 17.8 Å². The predicted octanol–water partition coefficient (Wildman–Crippen LogP) is 4.45. The zero-order chi connectivity index (χ0) is 26.4. The molecule has 3 aromatic rings. The van der Waals surface area contributed by atoms with E-state index in [1.54, 1.807) is 21.8 Å². The summed E-state index contributed by atoms with van der Waals surface area (Å²) in [7, 11) is 0. The third-order valence-electron chi connectivity index (χ3n) is 7.28. The average molecular weight is 540 g/mol. The summed E-state index contributed by atoms with van der Waals surface area (Å²) in [6.07, 6.45) is 2.63. The standard InChI is InChI=1S/C28H27F2N3O4S/c1-2-3-13-37-27-21(34)10-11-32-26(27)28(35)31-12-14-36-15-23(31)33(32)25-17-8-9-20(29)24(30)19(17)16-38-22-7-5-4-6-18(22)25/h4-11,23,25H,2-3,12-16H2,1H3/t23-,25-/m1/s1. The molecule has 198 valence electrons. The molecular formula is C28H27F2N3O4S. The first-order valence-corrected chi connectivity index (χ1v) is 13.7. The van der Waals surface area contributed by atoms with E-state index in [-0.39, 0.29) is 40.7 Å². The summed E-state index contributed by atoms with van der Waals surface area (Å²) in [4.78, 5) is 29.4. The van der Waals surface area contributed by atoms with Crippen molar-refractivity contribution in [2.24, 2.45) is 0 Å². The van der Waals surface area contributed by atoms with Gasteiger partial charge in [-0.1, -0.05) is 37.6 Å². The minimum atomic E-state index is -0.902. The van der Waals surface area contributed by atoms with Gasteiger partial charge >= 0.3 is 0 Å². The van der Waals surface area contributed by atoms with Crippen LogP contribution in [0.15, 0.2) is 58.4 Å². The highest BCUT2D eigenvalue weighted by atomic mass is 32.2. The second-order valence-electron chi connectivity index (χ2n) is 9.50. The van der Waals surface area contributed by atoms with E-state index in [0.717, 1.165) is 29.4 Å². The molecule has 0 radical (unpaired) electrons. The number of benzene rings is 2. The van der Waals surface area contributed by atoms with Gasteiger partial charge in [0, 0.05) is 35.0 Å². The van der Waals surface area contributed by atoms with Crippen LogP contribution in [0.3, 0.4) is 0 Å². The Morgan fingerprint density at radius 2 is 1.95 bits per heavy atom. The first kappa shape index (κ1) is 24.9. The minimum absolute atomic E-state index is 0.00249. The van der Waals surface area contributed by atoms with Crippen LogP contribution in [0.2, 0.25) is 0 Å². The molecule has 2 aromatic carbocycles. The van der Waals surface area contributed by atoms with Crippen molar-refractivity contribution in [3.63, 3.8) is 0 Å². The first-order chi connectivity index (χ1) is 18.5. The van der Waals surface area contributed by atoms with Crippen LogP contribution in [-0.4, -0.2) is 48.0 Å². The van der Waals surface area contributed by atoms with E-state index in [9.17, 15) is 14.0 Å². The maximum Gasteiger partial charge on any atom is 0.278 e. The van der Waals surface area contributed by atoms with Gasteiger partial charge < -0.3 is 14.4 Å². The first-order valence-electron chi connectivity index (χ1n) is 12.8. The Morgan fingerprint density at radius 1 is 1.11 bits per heavy atom. The molecule has 1 fully saturated rings. The number of unbranched alkanes of at least 4 members (excludes halogenated alkanes) is 1. The number of aromatic nitrogens is 1. The molecule has 3 aliphatic rings. The summed E-state index contributed by atoms with van der Waals surface area (Å²) < 4.78 is 43.0. The maximum atomic E-state index is 15.2. The van der Waals surface area contributed by atoms with Crippen molar-refractivity contribution >= 4 is 17.7 Å². The predicted molar refractivity (Wildman–Crippen MR) is 139 cm³/mol. The molecule has 3 aliphatic heterocycles. The number of carbonyl (C=O) groups excluding carboxylic acids is 1. The van der Waals surface area contributed by atoms with Crippen LogP contribution in [0.5, 0.6) is 5.75 Å². The minimum Gasteiger partial charge on any atom is -0.487 e. The molecule has 7 nitrogen and oxygen atoms in total. The fourth-order valence-electron chi connectivity index (χ4n) is 5.43. The van der Waals surface area contributed by atoms with Crippen molar-refractivity contribution in [3.8, 4) is 5.75 Å². The van der Waals surface area contributed by atoms with Crippen molar-refractivity contribution in [1.29, 1.82) is 0 Å². The van der Waals surface area contributed by atoms with E-state index in [2.05, 4.69) is 0 Å². The van der Waals surface area contributed by atoms with Crippen LogP contribution in [0.4, 0.5) is 8.78 Å². The zero-order valence-electron chi connectivity index (χ0n) is 20.9. The molecule has 0 unspecified atom stereocenters. The summed E-state index contributed by atoms with van der Waals surface area (Å²) in [6.45, 7) is 3.22. The van der Waals surface area contributed by atoms with E-state index >= 15 is 4.39 Å². The molecule has 10 heteroatoms. The van der Waals surface area contributed by atoms with Crippen LogP contribution < -0.4 is 15.2 Å². The van der Waals surface area contributed by atoms with Crippen molar-refractivity contribution in [1.82, 2.24) is 9.58 Å². The van der Waals surface area contributed by atoms with Gasteiger partial charge in [0.15, 0.2) is 23.1 Å². The van der Waals surface area contributed by atoms with E-state index < -0.39 is 23.8 Å². The van der Waals surface area contributed by atoms with Gasteiger partial charge in [-0.15, -0.1) is 11.8 Å². The lowest BCUT2D eigenvalue weighted by Gasteiger charge is -2.51. The molecule has 2 atom stereocenters. The third-order valence-corrected chi connectivity index (χ3v) is 8.39. The molecule has 0 saturated carbocycles. The van der Waals surface area contributed by atoms with Gasteiger partial charge in [-0.25, -0.2) is 8.78 Å². The Bertz CT molecular complexity index is 1460.